The molecule has 0 bridgehead atoms. The summed E-state index contributed by atoms with van der Waals surface area (Å²) in [7, 11) is 0. The number of anilines is 1. The number of benzene rings is 1. The van der Waals surface area contributed by atoms with E-state index in [0.717, 1.165) is 27.4 Å². The second-order valence-corrected chi connectivity index (χ2v) is 8.04. The fraction of sp³-hybridized carbons (Fsp3) is 0.444. The molecule has 0 spiro atoms. The number of fused-ring (bicyclic) bond motifs is 1. The number of phenols is 1. The summed E-state index contributed by atoms with van der Waals surface area (Å²) in [5.41, 5.74) is 3.18. The lowest BCUT2D eigenvalue weighted by atomic mass is 10.1. The van der Waals surface area contributed by atoms with Crippen molar-refractivity contribution in [1.82, 2.24) is 19.7 Å². The van der Waals surface area contributed by atoms with Gasteiger partial charge < -0.3 is 10.4 Å². The summed E-state index contributed by atoms with van der Waals surface area (Å²) in [4.78, 5) is 6.28. The van der Waals surface area contributed by atoms with Gasteiger partial charge in [-0.1, -0.05) is 17.4 Å². The smallest absolute Gasteiger partial charge is 0.251 e. The average molecular weight is 393 g/mol. The number of alkyl halides is 2. The third-order valence-corrected chi connectivity index (χ3v) is 5.64. The summed E-state index contributed by atoms with van der Waals surface area (Å²) in [5.74, 6) is 0.186. The molecule has 6 nitrogen and oxygen atoms in total. The van der Waals surface area contributed by atoms with E-state index in [4.69, 9.17) is 0 Å². The van der Waals surface area contributed by atoms with Gasteiger partial charge in [0.15, 0.2) is 10.8 Å². The van der Waals surface area contributed by atoms with Crippen LogP contribution in [0.25, 0.3) is 16.0 Å². The zero-order chi connectivity index (χ0) is 19.1. The first-order valence-corrected chi connectivity index (χ1v) is 9.64. The van der Waals surface area contributed by atoms with E-state index < -0.39 is 6.43 Å². The lowest BCUT2D eigenvalue weighted by Gasteiger charge is -2.15. The molecule has 1 fully saturated rings. The molecule has 9 heteroatoms. The Hall–Kier alpha value is -2.26. The third kappa shape index (κ3) is 3.74. The third-order valence-electron chi connectivity index (χ3n) is 4.73. The maximum atomic E-state index is 12.5. The van der Waals surface area contributed by atoms with E-state index in [1.165, 1.54) is 11.3 Å². The summed E-state index contributed by atoms with van der Waals surface area (Å²) in [6.07, 6.45) is 0.377. The van der Waals surface area contributed by atoms with Gasteiger partial charge in [0.2, 0.25) is 0 Å². The van der Waals surface area contributed by atoms with Crippen molar-refractivity contribution in [2.75, 3.05) is 25.0 Å². The van der Waals surface area contributed by atoms with Crippen molar-refractivity contribution in [3.63, 3.8) is 0 Å². The minimum Gasteiger partial charge on any atom is -0.506 e. The van der Waals surface area contributed by atoms with E-state index >= 15 is 0 Å². The molecule has 1 unspecified atom stereocenters. The minimum absolute atomic E-state index is 0.120. The van der Waals surface area contributed by atoms with Crippen LogP contribution in [-0.2, 0) is 0 Å². The number of phenolic OH excluding ortho intramolecular Hbond substituents is 1. The SMILES string of the molecule is Cc1cc(C)c(-n2cc3sc(NC4CCN(CC(F)F)C4)nc3n2)c(O)c1. The first kappa shape index (κ1) is 18.1. The Bertz CT molecular complexity index is 915. The predicted octanol–water partition coefficient (Wildman–Crippen LogP) is 3.56. The van der Waals surface area contributed by atoms with Gasteiger partial charge in [0.05, 0.1) is 17.4 Å². The van der Waals surface area contributed by atoms with Crippen LogP contribution in [0.15, 0.2) is 18.3 Å². The van der Waals surface area contributed by atoms with E-state index in [1.807, 2.05) is 26.1 Å². The van der Waals surface area contributed by atoms with Gasteiger partial charge in [0, 0.05) is 19.1 Å². The summed E-state index contributed by atoms with van der Waals surface area (Å²) in [6, 6.07) is 3.83. The second kappa shape index (κ2) is 7.05. The van der Waals surface area contributed by atoms with Gasteiger partial charge in [0.25, 0.3) is 6.43 Å². The van der Waals surface area contributed by atoms with Crippen LogP contribution in [-0.4, -0.2) is 56.9 Å². The number of hydrogen-bond donors (Lipinski definition) is 2. The molecule has 1 atom stereocenters. The molecule has 0 saturated carbocycles. The molecule has 144 valence electrons. The Morgan fingerprint density at radius 2 is 2.19 bits per heavy atom. The molecule has 0 amide bonds. The van der Waals surface area contributed by atoms with Crippen molar-refractivity contribution in [3.8, 4) is 11.4 Å². The molecule has 27 heavy (non-hydrogen) atoms. The maximum Gasteiger partial charge on any atom is 0.251 e. The van der Waals surface area contributed by atoms with Crippen LogP contribution in [0.4, 0.5) is 13.9 Å². The summed E-state index contributed by atoms with van der Waals surface area (Å²) < 4.78 is 27.5. The molecule has 2 aromatic heterocycles. The maximum absolute atomic E-state index is 12.5. The molecule has 1 saturated heterocycles. The average Bonchev–Trinajstić information content (AvgIpc) is 3.21. The molecule has 3 aromatic rings. The number of thiazole rings is 1. The lowest BCUT2D eigenvalue weighted by Crippen LogP contribution is -2.29. The van der Waals surface area contributed by atoms with Gasteiger partial charge >= 0.3 is 0 Å². The molecule has 3 heterocycles. The number of aryl methyl sites for hydroxylation is 2. The molecule has 4 rings (SSSR count). The molecular formula is C18H21F2N5OS. The van der Waals surface area contributed by atoms with Gasteiger partial charge in [-0.15, -0.1) is 5.10 Å². The Morgan fingerprint density at radius 3 is 2.89 bits per heavy atom. The van der Waals surface area contributed by atoms with E-state index in [0.29, 0.717) is 24.4 Å². The number of rotatable bonds is 5. The molecule has 0 aliphatic carbocycles. The Morgan fingerprint density at radius 1 is 1.37 bits per heavy atom. The molecule has 1 aliphatic rings. The molecular weight excluding hydrogens is 372 g/mol. The zero-order valence-electron chi connectivity index (χ0n) is 15.1. The largest absolute Gasteiger partial charge is 0.506 e. The van der Waals surface area contributed by atoms with Crippen molar-refractivity contribution >= 4 is 26.8 Å². The second-order valence-electron chi connectivity index (χ2n) is 7.01. The van der Waals surface area contributed by atoms with Crippen molar-refractivity contribution in [2.24, 2.45) is 0 Å². The van der Waals surface area contributed by atoms with E-state index in [1.54, 1.807) is 15.6 Å². The van der Waals surface area contributed by atoms with Crippen molar-refractivity contribution in [1.29, 1.82) is 0 Å². The number of aromatic hydroxyl groups is 1. The number of nitrogens with one attached hydrogen (secondary N) is 1. The Labute approximate surface area is 159 Å². The van der Waals surface area contributed by atoms with Crippen LogP contribution in [0.5, 0.6) is 5.75 Å². The molecule has 0 radical (unpaired) electrons. The van der Waals surface area contributed by atoms with Crippen LogP contribution in [0.1, 0.15) is 17.5 Å². The summed E-state index contributed by atoms with van der Waals surface area (Å²) >= 11 is 1.48. The quantitative estimate of drug-likeness (QED) is 0.694. The van der Waals surface area contributed by atoms with Crippen LogP contribution in [0, 0.1) is 13.8 Å². The van der Waals surface area contributed by atoms with Gasteiger partial charge in [-0.3, -0.25) is 4.90 Å². The number of nitrogens with zero attached hydrogens (tertiary/aromatic N) is 4. The minimum atomic E-state index is -2.30. The number of aromatic nitrogens is 3. The van der Waals surface area contributed by atoms with Gasteiger partial charge in [-0.25, -0.2) is 13.5 Å². The summed E-state index contributed by atoms with van der Waals surface area (Å²) in [6.45, 7) is 4.96. The monoisotopic (exact) mass is 393 g/mol. The molecule has 1 aromatic carbocycles. The predicted molar refractivity (Wildman–Crippen MR) is 102 cm³/mol. The van der Waals surface area contributed by atoms with Gasteiger partial charge in [0.1, 0.15) is 11.4 Å². The fourth-order valence-electron chi connectivity index (χ4n) is 3.62. The highest BCUT2D eigenvalue weighted by molar-refractivity contribution is 7.22. The number of hydrogen-bond acceptors (Lipinski definition) is 6. The number of halogens is 2. The van der Waals surface area contributed by atoms with Gasteiger partial charge in [-0.05, 0) is 37.5 Å². The van der Waals surface area contributed by atoms with E-state index in [2.05, 4.69) is 15.4 Å². The van der Waals surface area contributed by atoms with E-state index in [9.17, 15) is 13.9 Å². The highest BCUT2D eigenvalue weighted by Gasteiger charge is 2.25. The first-order chi connectivity index (χ1) is 12.9. The van der Waals surface area contributed by atoms with Crippen LogP contribution in [0.3, 0.4) is 0 Å². The normalized spacial score (nSPS) is 18.0. The number of likely N-dealkylation sites (tertiary alicyclic amines) is 1. The standard InChI is InChI=1S/C18H21F2N5OS/c1-10-5-11(2)16(13(26)6-10)25-8-14-17(23-25)22-18(27-14)21-12-3-4-24(7-12)9-15(19)20/h5-6,8,12,15,26H,3-4,7,9H2,1-2H3,(H,21,22,23). The first-order valence-electron chi connectivity index (χ1n) is 8.83. The Kier molecular flexibility index (Phi) is 4.73. The zero-order valence-corrected chi connectivity index (χ0v) is 15.9. The lowest BCUT2D eigenvalue weighted by molar-refractivity contribution is 0.0993. The van der Waals surface area contributed by atoms with Crippen LogP contribution >= 0.6 is 11.3 Å². The van der Waals surface area contributed by atoms with Gasteiger partial charge in [-0.2, -0.15) is 4.98 Å². The Balaban J connectivity index is 1.50. The van der Waals surface area contributed by atoms with Crippen molar-refractivity contribution < 1.29 is 13.9 Å². The van der Waals surface area contributed by atoms with Crippen LogP contribution < -0.4 is 5.32 Å². The van der Waals surface area contributed by atoms with E-state index in [-0.39, 0.29) is 18.3 Å². The fourth-order valence-corrected chi connectivity index (χ4v) is 4.52. The van der Waals surface area contributed by atoms with Crippen molar-refractivity contribution in [3.05, 3.63) is 29.5 Å². The molecule has 2 N–H and O–H groups in total. The summed E-state index contributed by atoms with van der Waals surface area (Å²) in [5, 5.41) is 18.8. The van der Waals surface area contributed by atoms with Crippen LogP contribution in [0.2, 0.25) is 0 Å². The van der Waals surface area contributed by atoms with Crippen molar-refractivity contribution in [2.45, 2.75) is 32.7 Å². The highest BCUT2D eigenvalue weighted by atomic mass is 32.1. The topological polar surface area (TPSA) is 66.2 Å². The highest BCUT2D eigenvalue weighted by Crippen LogP contribution is 2.31. The molecule has 1 aliphatic heterocycles.